The van der Waals surface area contributed by atoms with Crippen molar-refractivity contribution in [1.82, 2.24) is 4.98 Å². The molecule has 1 aliphatic rings. The second kappa shape index (κ2) is 5.05. The molecule has 16 heavy (non-hydrogen) atoms. The first-order chi connectivity index (χ1) is 7.72. The van der Waals surface area contributed by atoms with E-state index in [0.29, 0.717) is 11.9 Å². The zero-order valence-electron chi connectivity index (χ0n) is 10.0. The number of hydrogen-bond donors (Lipinski definition) is 0. The number of aryl methyl sites for hydroxylation is 1. The van der Waals surface area contributed by atoms with E-state index in [0.717, 1.165) is 17.8 Å². The van der Waals surface area contributed by atoms with Crippen molar-refractivity contribution in [3.05, 3.63) is 23.5 Å². The first-order valence-corrected chi connectivity index (χ1v) is 6.54. The summed E-state index contributed by atoms with van der Waals surface area (Å²) in [7, 11) is 0. The molecule has 0 N–H and O–H groups in total. The first kappa shape index (κ1) is 11.7. The van der Waals surface area contributed by atoms with Gasteiger partial charge in [-0.2, -0.15) is 0 Å². The van der Waals surface area contributed by atoms with E-state index in [1.165, 1.54) is 24.9 Å². The van der Waals surface area contributed by atoms with E-state index in [1.54, 1.807) is 0 Å². The summed E-state index contributed by atoms with van der Waals surface area (Å²) < 4.78 is 0. The SMILES string of the molecule is Cc1cc(N2CCCCC2C)c(CCl)cn1. The van der Waals surface area contributed by atoms with E-state index in [9.17, 15) is 0 Å². The molecule has 2 heterocycles. The van der Waals surface area contributed by atoms with Crippen LogP contribution in [0.1, 0.15) is 37.4 Å². The average Bonchev–Trinajstić information content (AvgIpc) is 2.29. The molecule has 0 bridgehead atoms. The van der Waals surface area contributed by atoms with Crippen LogP contribution in [0, 0.1) is 6.92 Å². The zero-order valence-corrected chi connectivity index (χ0v) is 10.8. The number of pyridine rings is 1. The molecule has 2 nitrogen and oxygen atoms in total. The summed E-state index contributed by atoms with van der Waals surface area (Å²) in [6, 6.07) is 2.79. The molecule has 0 aliphatic carbocycles. The summed E-state index contributed by atoms with van der Waals surface area (Å²) in [6.45, 7) is 5.48. The van der Waals surface area contributed by atoms with Gasteiger partial charge in [0.05, 0.1) is 5.88 Å². The average molecular weight is 239 g/mol. The van der Waals surface area contributed by atoms with Crippen molar-refractivity contribution >= 4 is 17.3 Å². The molecule has 1 atom stereocenters. The summed E-state index contributed by atoms with van der Waals surface area (Å²) in [5.41, 5.74) is 3.51. The highest BCUT2D eigenvalue weighted by atomic mass is 35.5. The fourth-order valence-electron chi connectivity index (χ4n) is 2.40. The van der Waals surface area contributed by atoms with Gasteiger partial charge in [0, 0.05) is 35.7 Å². The third-order valence-corrected chi connectivity index (χ3v) is 3.64. The Balaban J connectivity index is 2.33. The lowest BCUT2D eigenvalue weighted by molar-refractivity contribution is 0.484. The monoisotopic (exact) mass is 238 g/mol. The lowest BCUT2D eigenvalue weighted by Gasteiger charge is -2.36. The molecular formula is C13H19ClN2. The predicted molar refractivity (Wildman–Crippen MR) is 69.2 cm³/mol. The Morgan fingerprint density at radius 1 is 1.50 bits per heavy atom. The van der Waals surface area contributed by atoms with Crippen molar-refractivity contribution < 1.29 is 0 Å². The number of piperidine rings is 1. The van der Waals surface area contributed by atoms with Gasteiger partial charge >= 0.3 is 0 Å². The van der Waals surface area contributed by atoms with Crippen molar-refractivity contribution in [3.63, 3.8) is 0 Å². The summed E-state index contributed by atoms with van der Waals surface area (Å²) >= 11 is 5.98. The molecule has 1 saturated heterocycles. The molecule has 0 radical (unpaired) electrons. The van der Waals surface area contributed by atoms with Crippen LogP contribution >= 0.6 is 11.6 Å². The molecule has 0 spiro atoms. The molecule has 3 heteroatoms. The second-order valence-electron chi connectivity index (χ2n) is 4.63. The third kappa shape index (κ3) is 2.32. The summed E-state index contributed by atoms with van der Waals surface area (Å²) in [5.74, 6) is 0.547. The van der Waals surface area contributed by atoms with Crippen molar-refractivity contribution in [2.45, 2.75) is 45.0 Å². The normalized spacial score (nSPS) is 21.2. The van der Waals surface area contributed by atoms with Gasteiger partial charge in [0.2, 0.25) is 0 Å². The highest BCUT2D eigenvalue weighted by Crippen LogP contribution is 2.28. The first-order valence-electron chi connectivity index (χ1n) is 6.00. The maximum absolute atomic E-state index is 5.98. The zero-order chi connectivity index (χ0) is 11.5. The number of anilines is 1. The van der Waals surface area contributed by atoms with Gasteiger partial charge in [-0.05, 0) is 39.2 Å². The van der Waals surface area contributed by atoms with Crippen LogP contribution in [-0.4, -0.2) is 17.6 Å². The molecule has 0 aromatic carbocycles. The molecule has 2 rings (SSSR count). The number of halogens is 1. The lowest BCUT2D eigenvalue weighted by atomic mass is 10.0. The fraction of sp³-hybridized carbons (Fsp3) is 0.615. The summed E-state index contributed by atoms with van der Waals surface area (Å²) in [6.07, 6.45) is 5.83. The van der Waals surface area contributed by atoms with E-state index in [4.69, 9.17) is 11.6 Å². The highest BCUT2D eigenvalue weighted by molar-refractivity contribution is 6.17. The van der Waals surface area contributed by atoms with Gasteiger partial charge in [0.15, 0.2) is 0 Å². The number of nitrogens with zero attached hydrogens (tertiary/aromatic N) is 2. The van der Waals surface area contributed by atoms with Gasteiger partial charge < -0.3 is 4.90 Å². The van der Waals surface area contributed by atoms with Gasteiger partial charge in [0.1, 0.15) is 0 Å². The van der Waals surface area contributed by atoms with E-state index in [2.05, 4.69) is 22.9 Å². The lowest BCUT2D eigenvalue weighted by Crippen LogP contribution is -2.38. The summed E-state index contributed by atoms with van der Waals surface area (Å²) in [4.78, 5) is 6.80. The van der Waals surface area contributed by atoms with Crippen LogP contribution in [0.2, 0.25) is 0 Å². The van der Waals surface area contributed by atoms with Crippen LogP contribution < -0.4 is 4.90 Å². The molecule has 0 saturated carbocycles. The minimum atomic E-state index is 0.547. The topological polar surface area (TPSA) is 16.1 Å². The smallest absolute Gasteiger partial charge is 0.0509 e. The Hall–Kier alpha value is -0.760. The molecule has 1 fully saturated rings. The maximum atomic E-state index is 5.98. The van der Waals surface area contributed by atoms with E-state index >= 15 is 0 Å². The standard InChI is InChI=1S/C13H19ClN2/c1-10-7-13(12(8-14)9-15-10)16-6-4-3-5-11(16)2/h7,9,11H,3-6,8H2,1-2H3. The molecule has 0 amide bonds. The fourth-order valence-corrected chi connectivity index (χ4v) is 2.61. The molecule has 1 aromatic heterocycles. The van der Waals surface area contributed by atoms with Gasteiger partial charge in [-0.3, -0.25) is 4.98 Å². The van der Waals surface area contributed by atoms with Crippen LogP contribution in [0.5, 0.6) is 0 Å². The third-order valence-electron chi connectivity index (χ3n) is 3.36. The molecule has 1 aliphatic heterocycles. The molecule has 1 aromatic rings. The quantitative estimate of drug-likeness (QED) is 0.733. The molecule has 88 valence electrons. The van der Waals surface area contributed by atoms with Gasteiger partial charge in [0.25, 0.3) is 0 Å². The van der Waals surface area contributed by atoms with Crippen LogP contribution in [0.15, 0.2) is 12.3 Å². The molecule has 1 unspecified atom stereocenters. The maximum Gasteiger partial charge on any atom is 0.0509 e. The Morgan fingerprint density at radius 3 is 3.00 bits per heavy atom. The Kier molecular flexibility index (Phi) is 3.70. The molecular weight excluding hydrogens is 220 g/mol. The van der Waals surface area contributed by atoms with Crippen molar-refractivity contribution in [1.29, 1.82) is 0 Å². The van der Waals surface area contributed by atoms with Crippen LogP contribution in [0.3, 0.4) is 0 Å². The van der Waals surface area contributed by atoms with Gasteiger partial charge in [-0.1, -0.05) is 0 Å². The minimum Gasteiger partial charge on any atom is -0.368 e. The summed E-state index contributed by atoms with van der Waals surface area (Å²) in [5, 5.41) is 0. The van der Waals surface area contributed by atoms with Crippen molar-refractivity contribution in [3.8, 4) is 0 Å². The van der Waals surface area contributed by atoms with Gasteiger partial charge in [-0.25, -0.2) is 0 Å². The van der Waals surface area contributed by atoms with Gasteiger partial charge in [-0.15, -0.1) is 11.6 Å². The predicted octanol–water partition coefficient (Wildman–Crippen LogP) is 3.51. The van der Waals surface area contributed by atoms with Crippen molar-refractivity contribution in [2.24, 2.45) is 0 Å². The Bertz CT molecular complexity index is 365. The number of alkyl halides is 1. The largest absolute Gasteiger partial charge is 0.368 e. The Morgan fingerprint density at radius 2 is 2.31 bits per heavy atom. The number of aromatic nitrogens is 1. The van der Waals surface area contributed by atoms with E-state index in [1.807, 2.05) is 13.1 Å². The minimum absolute atomic E-state index is 0.547. The van der Waals surface area contributed by atoms with Crippen LogP contribution in [0.25, 0.3) is 0 Å². The Labute approximate surface area is 103 Å². The van der Waals surface area contributed by atoms with E-state index < -0.39 is 0 Å². The van der Waals surface area contributed by atoms with Crippen LogP contribution in [0.4, 0.5) is 5.69 Å². The van der Waals surface area contributed by atoms with E-state index in [-0.39, 0.29) is 0 Å². The second-order valence-corrected chi connectivity index (χ2v) is 4.89. The van der Waals surface area contributed by atoms with Crippen molar-refractivity contribution in [2.75, 3.05) is 11.4 Å². The number of hydrogen-bond acceptors (Lipinski definition) is 2. The number of rotatable bonds is 2. The highest BCUT2D eigenvalue weighted by Gasteiger charge is 2.20. The van der Waals surface area contributed by atoms with Crippen LogP contribution in [-0.2, 0) is 5.88 Å².